The maximum atomic E-state index is 11.6. The molecule has 3 N–H and O–H groups in total. The number of carboxylic acids is 1. The molecular weight excluding hydrogens is 296 g/mol. The average molecular weight is 309 g/mol. The fourth-order valence-electron chi connectivity index (χ4n) is 1.24. The molecule has 0 unspecified atom stereocenters. The van der Waals surface area contributed by atoms with Gasteiger partial charge in [0.1, 0.15) is 0 Å². The van der Waals surface area contributed by atoms with E-state index in [1.165, 1.54) is 25.3 Å². The molecule has 1 aromatic carbocycles. The predicted molar refractivity (Wildman–Crippen MR) is 70.8 cm³/mol. The van der Waals surface area contributed by atoms with Crippen molar-refractivity contribution in [1.29, 1.82) is 0 Å². The van der Waals surface area contributed by atoms with E-state index in [-0.39, 0.29) is 29.4 Å². The van der Waals surface area contributed by atoms with E-state index in [4.69, 9.17) is 21.4 Å². The molecule has 106 valence electrons. The second-order valence-electron chi connectivity index (χ2n) is 3.53. The highest BCUT2D eigenvalue weighted by Crippen LogP contribution is 2.19. The number of methoxy groups -OCH3 is 1. The lowest BCUT2D eigenvalue weighted by Gasteiger charge is -2.10. The van der Waals surface area contributed by atoms with Crippen molar-refractivity contribution in [2.75, 3.05) is 25.0 Å². The summed E-state index contributed by atoms with van der Waals surface area (Å²) in [7, 11) is -2.36. The number of nitrogens with one attached hydrogen (secondary N) is 2. The van der Waals surface area contributed by atoms with Gasteiger partial charge in [-0.2, -0.15) is 13.1 Å². The molecule has 9 heteroatoms. The first kappa shape index (κ1) is 15.7. The molecule has 1 rings (SSSR count). The number of aromatic carboxylic acids is 1. The Morgan fingerprint density at radius 1 is 1.42 bits per heavy atom. The first-order valence-electron chi connectivity index (χ1n) is 5.14. The van der Waals surface area contributed by atoms with E-state index in [0.717, 1.165) is 0 Å². The van der Waals surface area contributed by atoms with E-state index in [9.17, 15) is 13.2 Å². The van der Waals surface area contributed by atoms with E-state index in [2.05, 4.69) is 9.44 Å². The minimum absolute atomic E-state index is 0.0646. The topological polar surface area (TPSA) is 105 Å². The van der Waals surface area contributed by atoms with Crippen LogP contribution in [-0.2, 0) is 14.9 Å². The number of rotatable bonds is 7. The number of benzene rings is 1. The normalized spacial score (nSPS) is 11.3. The number of hydrogen-bond acceptors (Lipinski definition) is 4. The van der Waals surface area contributed by atoms with Gasteiger partial charge >= 0.3 is 5.97 Å². The zero-order valence-corrected chi connectivity index (χ0v) is 11.6. The Bertz CT molecular complexity index is 561. The van der Waals surface area contributed by atoms with Gasteiger partial charge < -0.3 is 9.84 Å². The monoisotopic (exact) mass is 308 g/mol. The van der Waals surface area contributed by atoms with Crippen LogP contribution in [0.1, 0.15) is 10.4 Å². The van der Waals surface area contributed by atoms with Gasteiger partial charge in [-0.3, -0.25) is 4.72 Å². The van der Waals surface area contributed by atoms with E-state index in [1.54, 1.807) is 0 Å². The number of carbonyl (C=O) groups is 1. The minimum atomic E-state index is -3.80. The molecule has 0 spiro atoms. The zero-order chi connectivity index (χ0) is 14.5. The van der Waals surface area contributed by atoms with Crippen LogP contribution in [0.3, 0.4) is 0 Å². The summed E-state index contributed by atoms with van der Waals surface area (Å²) in [5, 5.41) is 8.96. The molecular formula is C10H13ClN2O5S. The quantitative estimate of drug-likeness (QED) is 0.650. The lowest BCUT2D eigenvalue weighted by Crippen LogP contribution is -2.32. The highest BCUT2D eigenvalue weighted by atomic mass is 35.5. The summed E-state index contributed by atoms with van der Waals surface area (Å²) in [4.78, 5) is 10.8. The van der Waals surface area contributed by atoms with Crippen molar-refractivity contribution in [3.05, 3.63) is 28.8 Å². The molecule has 0 aliphatic carbocycles. The standard InChI is InChI=1S/C10H13ClN2O5S/c1-18-3-2-12-19(16,17)13-9-5-7(10(14)15)4-8(11)6-9/h4-6,12-13H,2-3H2,1H3,(H,14,15). The highest BCUT2D eigenvalue weighted by Gasteiger charge is 2.12. The van der Waals surface area contributed by atoms with Gasteiger partial charge in [-0.25, -0.2) is 4.79 Å². The predicted octanol–water partition coefficient (Wildman–Crippen LogP) is 0.931. The number of halogens is 1. The van der Waals surface area contributed by atoms with Crippen molar-refractivity contribution in [2.24, 2.45) is 0 Å². The number of anilines is 1. The first-order chi connectivity index (χ1) is 8.84. The zero-order valence-electron chi connectivity index (χ0n) is 10.0. The van der Waals surface area contributed by atoms with Crippen molar-refractivity contribution < 1.29 is 23.1 Å². The van der Waals surface area contributed by atoms with Crippen molar-refractivity contribution in [1.82, 2.24) is 4.72 Å². The molecule has 0 aliphatic heterocycles. The number of carboxylic acid groups (broad SMARTS) is 1. The van der Waals surface area contributed by atoms with Crippen molar-refractivity contribution in [2.45, 2.75) is 0 Å². The van der Waals surface area contributed by atoms with Crippen LogP contribution < -0.4 is 9.44 Å². The summed E-state index contributed by atoms with van der Waals surface area (Å²) < 4.78 is 32.3. The second kappa shape index (κ2) is 6.71. The molecule has 0 aliphatic rings. The van der Waals surface area contributed by atoms with Crippen LogP contribution in [0.5, 0.6) is 0 Å². The maximum absolute atomic E-state index is 11.6. The van der Waals surface area contributed by atoms with Crippen LogP contribution >= 0.6 is 11.6 Å². The smallest absolute Gasteiger partial charge is 0.335 e. The molecule has 0 saturated heterocycles. The largest absolute Gasteiger partial charge is 0.478 e. The summed E-state index contributed by atoms with van der Waals surface area (Å²) in [6, 6.07) is 3.70. The van der Waals surface area contributed by atoms with Gasteiger partial charge in [-0.05, 0) is 18.2 Å². The van der Waals surface area contributed by atoms with Gasteiger partial charge in [-0.1, -0.05) is 11.6 Å². The lowest BCUT2D eigenvalue weighted by molar-refractivity contribution is 0.0697. The van der Waals surface area contributed by atoms with Gasteiger partial charge in [0.05, 0.1) is 17.9 Å². The Labute approximate surface area is 115 Å². The van der Waals surface area contributed by atoms with Gasteiger partial charge in [-0.15, -0.1) is 0 Å². The van der Waals surface area contributed by atoms with Crippen molar-refractivity contribution >= 4 is 33.5 Å². The third-order valence-electron chi connectivity index (χ3n) is 2.00. The highest BCUT2D eigenvalue weighted by molar-refractivity contribution is 7.90. The van der Waals surface area contributed by atoms with Gasteiger partial charge in [0.15, 0.2) is 0 Å². The second-order valence-corrected chi connectivity index (χ2v) is 5.46. The third kappa shape index (κ3) is 5.43. The van der Waals surface area contributed by atoms with Crippen molar-refractivity contribution in [3.8, 4) is 0 Å². The summed E-state index contributed by atoms with van der Waals surface area (Å²) in [5.74, 6) is -1.20. The van der Waals surface area contributed by atoms with Gasteiger partial charge in [0.2, 0.25) is 0 Å². The van der Waals surface area contributed by atoms with E-state index >= 15 is 0 Å². The van der Waals surface area contributed by atoms with Gasteiger partial charge in [0, 0.05) is 18.7 Å². The fourth-order valence-corrected chi connectivity index (χ4v) is 2.33. The molecule has 1 aromatic rings. The molecule has 0 radical (unpaired) electrons. The molecule has 0 atom stereocenters. The molecule has 0 aromatic heterocycles. The number of ether oxygens (including phenoxy) is 1. The first-order valence-corrected chi connectivity index (χ1v) is 7.00. The Kier molecular flexibility index (Phi) is 5.55. The van der Waals surface area contributed by atoms with Gasteiger partial charge in [0.25, 0.3) is 10.2 Å². The van der Waals surface area contributed by atoms with Crippen LogP contribution in [0.25, 0.3) is 0 Å². The third-order valence-corrected chi connectivity index (χ3v) is 3.30. The van der Waals surface area contributed by atoms with E-state index < -0.39 is 16.2 Å². The van der Waals surface area contributed by atoms with Crippen molar-refractivity contribution in [3.63, 3.8) is 0 Å². The number of hydrogen-bond donors (Lipinski definition) is 3. The molecule has 0 fully saturated rings. The average Bonchev–Trinajstić information content (AvgIpc) is 2.27. The van der Waals surface area contributed by atoms with E-state index in [0.29, 0.717) is 0 Å². The Morgan fingerprint density at radius 3 is 2.68 bits per heavy atom. The maximum Gasteiger partial charge on any atom is 0.335 e. The minimum Gasteiger partial charge on any atom is -0.478 e. The van der Waals surface area contributed by atoms with Crippen LogP contribution in [0.15, 0.2) is 18.2 Å². The Balaban J connectivity index is 2.84. The molecule has 7 nitrogen and oxygen atoms in total. The molecule has 19 heavy (non-hydrogen) atoms. The van der Waals surface area contributed by atoms with E-state index in [1.807, 2.05) is 0 Å². The Morgan fingerprint density at radius 2 is 2.11 bits per heavy atom. The van der Waals surface area contributed by atoms with Crippen LogP contribution in [0.4, 0.5) is 5.69 Å². The van der Waals surface area contributed by atoms with Crippen LogP contribution in [0, 0.1) is 0 Å². The molecule has 0 heterocycles. The summed E-state index contributed by atoms with van der Waals surface area (Å²) in [5.41, 5.74) is -0.0445. The summed E-state index contributed by atoms with van der Waals surface area (Å²) >= 11 is 5.71. The molecule has 0 bridgehead atoms. The lowest BCUT2D eigenvalue weighted by atomic mass is 10.2. The van der Waals surface area contributed by atoms with Crippen LogP contribution in [0.2, 0.25) is 5.02 Å². The Hall–Kier alpha value is -1.35. The molecule has 0 amide bonds. The summed E-state index contributed by atoms with van der Waals surface area (Å²) in [6.07, 6.45) is 0. The fraction of sp³-hybridized carbons (Fsp3) is 0.300. The summed E-state index contributed by atoms with van der Waals surface area (Å²) in [6.45, 7) is 0.315. The van der Waals surface area contributed by atoms with Crippen LogP contribution in [-0.4, -0.2) is 39.8 Å². The SMILES string of the molecule is COCCNS(=O)(=O)Nc1cc(Cl)cc(C(=O)O)c1. The molecule has 0 saturated carbocycles.